The summed E-state index contributed by atoms with van der Waals surface area (Å²) in [5.74, 6) is -0.461. The zero-order chi connectivity index (χ0) is 13.3. The second kappa shape index (κ2) is 4.25. The quantitative estimate of drug-likeness (QED) is 0.769. The molecule has 3 nitrogen and oxygen atoms in total. The summed E-state index contributed by atoms with van der Waals surface area (Å²) in [6, 6.07) is 18.4. The highest BCUT2D eigenvalue weighted by atomic mass is 16.6. The minimum Gasteiger partial charge on any atom is -0.435 e. The lowest BCUT2D eigenvalue weighted by Crippen LogP contribution is -2.41. The van der Waals surface area contributed by atoms with Crippen molar-refractivity contribution >= 4 is 5.97 Å². The Balaban J connectivity index is 1.88. The van der Waals surface area contributed by atoms with E-state index in [1.807, 2.05) is 30.3 Å². The molecule has 3 heteroatoms. The molecule has 0 saturated carbocycles. The summed E-state index contributed by atoms with van der Waals surface area (Å²) in [6.07, 6.45) is 0.457. The Kier molecular flexibility index (Phi) is 2.57. The average molecular weight is 249 g/mol. The second-order valence-corrected chi connectivity index (χ2v) is 4.53. The van der Waals surface area contributed by atoms with Crippen LogP contribution >= 0.6 is 0 Å². The van der Waals surface area contributed by atoms with Crippen molar-refractivity contribution in [1.29, 1.82) is 5.26 Å². The molecule has 0 bridgehead atoms. The van der Waals surface area contributed by atoms with E-state index in [4.69, 9.17) is 4.74 Å². The Morgan fingerprint density at radius 2 is 1.79 bits per heavy atom. The van der Waals surface area contributed by atoms with Crippen LogP contribution in [0.15, 0.2) is 54.6 Å². The third-order valence-electron chi connectivity index (χ3n) is 3.35. The number of hydrogen-bond donors (Lipinski definition) is 0. The van der Waals surface area contributed by atoms with Gasteiger partial charge in [0.1, 0.15) is 6.07 Å². The Labute approximate surface area is 111 Å². The SMILES string of the molecule is N#C[C@@]1(OC(=O)c2ccccc2)Cc2ccccc21. The molecule has 0 aliphatic heterocycles. The number of benzene rings is 2. The summed E-state index contributed by atoms with van der Waals surface area (Å²) in [6.45, 7) is 0. The third kappa shape index (κ3) is 1.78. The van der Waals surface area contributed by atoms with Crippen molar-refractivity contribution in [1.82, 2.24) is 0 Å². The molecule has 0 spiro atoms. The Morgan fingerprint density at radius 3 is 2.47 bits per heavy atom. The largest absolute Gasteiger partial charge is 0.435 e. The van der Waals surface area contributed by atoms with Gasteiger partial charge in [-0.25, -0.2) is 4.79 Å². The van der Waals surface area contributed by atoms with E-state index in [1.54, 1.807) is 24.3 Å². The topological polar surface area (TPSA) is 50.1 Å². The number of esters is 1. The van der Waals surface area contributed by atoms with Crippen LogP contribution in [0.2, 0.25) is 0 Å². The van der Waals surface area contributed by atoms with Crippen LogP contribution in [0, 0.1) is 11.3 Å². The normalized spacial score (nSPS) is 19.7. The van der Waals surface area contributed by atoms with E-state index in [0.29, 0.717) is 12.0 Å². The van der Waals surface area contributed by atoms with E-state index in [9.17, 15) is 10.1 Å². The third-order valence-corrected chi connectivity index (χ3v) is 3.35. The Bertz CT molecular complexity index is 673. The van der Waals surface area contributed by atoms with Gasteiger partial charge in [0.15, 0.2) is 0 Å². The Morgan fingerprint density at radius 1 is 1.11 bits per heavy atom. The van der Waals surface area contributed by atoms with E-state index in [-0.39, 0.29) is 0 Å². The molecule has 3 rings (SSSR count). The molecular formula is C16H11NO2. The molecule has 1 aliphatic carbocycles. The second-order valence-electron chi connectivity index (χ2n) is 4.53. The summed E-state index contributed by atoms with van der Waals surface area (Å²) in [4.78, 5) is 12.0. The first-order valence-electron chi connectivity index (χ1n) is 6.03. The first kappa shape index (κ1) is 11.5. The first-order valence-corrected chi connectivity index (χ1v) is 6.03. The summed E-state index contributed by atoms with van der Waals surface area (Å²) in [5.41, 5.74) is 1.19. The number of nitriles is 1. The van der Waals surface area contributed by atoms with Crippen molar-refractivity contribution < 1.29 is 9.53 Å². The van der Waals surface area contributed by atoms with Gasteiger partial charge in [0.05, 0.1) is 5.56 Å². The van der Waals surface area contributed by atoms with E-state index in [2.05, 4.69) is 6.07 Å². The van der Waals surface area contributed by atoms with Gasteiger partial charge in [-0.15, -0.1) is 0 Å². The van der Waals surface area contributed by atoms with Crippen molar-refractivity contribution in [3.63, 3.8) is 0 Å². The lowest BCUT2D eigenvalue weighted by molar-refractivity contribution is -0.00451. The van der Waals surface area contributed by atoms with Crippen molar-refractivity contribution in [2.24, 2.45) is 0 Å². The van der Waals surface area contributed by atoms with Gasteiger partial charge in [0, 0.05) is 12.0 Å². The standard InChI is InChI=1S/C16H11NO2/c17-11-16(10-13-8-4-5-9-14(13)16)19-15(18)12-6-2-1-3-7-12/h1-9H,10H2/t16-/m0/s1. The summed E-state index contributed by atoms with van der Waals surface area (Å²) < 4.78 is 5.44. The van der Waals surface area contributed by atoms with Crippen molar-refractivity contribution in [2.45, 2.75) is 12.0 Å². The van der Waals surface area contributed by atoms with E-state index < -0.39 is 11.6 Å². The van der Waals surface area contributed by atoms with Crippen molar-refractivity contribution in [2.75, 3.05) is 0 Å². The number of carbonyl (C=O) groups excluding carboxylic acids is 1. The van der Waals surface area contributed by atoms with Gasteiger partial charge in [-0.2, -0.15) is 5.26 Å². The zero-order valence-electron chi connectivity index (χ0n) is 10.2. The average Bonchev–Trinajstić information content (AvgIpc) is 2.45. The number of fused-ring (bicyclic) bond motifs is 1. The molecule has 1 aliphatic rings. The molecule has 2 aromatic carbocycles. The van der Waals surface area contributed by atoms with E-state index >= 15 is 0 Å². The monoisotopic (exact) mass is 249 g/mol. The van der Waals surface area contributed by atoms with Crippen molar-refractivity contribution in [3.8, 4) is 6.07 Å². The first-order chi connectivity index (χ1) is 9.25. The predicted molar refractivity (Wildman–Crippen MR) is 69.3 cm³/mol. The van der Waals surface area contributed by atoms with E-state index in [1.165, 1.54) is 0 Å². The summed E-state index contributed by atoms with van der Waals surface area (Å²) in [5, 5.41) is 9.35. The van der Waals surface area contributed by atoms with Gasteiger partial charge in [0.2, 0.25) is 5.60 Å². The number of nitrogens with zero attached hydrogens (tertiary/aromatic N) is 1. The molecule has 0 amide bonds. The number of hydrogen-bond acceptors (Lipinski definition) is 3. The van der Waals surface area contributed by atoms with E-state index in [0.717, 1.165) is 11.1 Å². The fourth-order valence-corrected chi connectivity index (χ4v) is 2.33. The molecule has 1 atom stereocenters. The minimum absolute atomic E-state index is 0.457. The number of rotatable bonds is 2. The Hall–Kier alpha value is -2.60. The van der Waals surface area contributed by atoms with Crippen LogP contribution in [-0.2, 0) is 16.8 Å². The summed E-state index contributed by atoms with van der Waals surface area (Å²) >= 11 is 0. The maximum absolute atomic E-state index is 12.0. The van der Waals surface area contributed by atoms with Gasteiger partial charge < -0.3 is 4.74 Å². The van der Waals surface area contributed by atoms with Gasteiger partial charge in [-0.1, -0.05) is 42.5 Å². The molecule has 2 aromatic rings. The van der Waals surface area contributed by atoms with Crippen LogP contribution in [0.1, 0.15) is 21.5 Å². The molecule has 19 heavy (non-hydrogen) atoms. The zero-order valence-corrected chi connectivity index (χ0v) is 10.2. The fraction of sp³-hybridized carbons (Fsp3) is 0.125. The summed E-state index contributed by atoms with van der Waals surface area (Å²) in [7, 11) is 0. The molecule has 0 saturated heterocycles. The molecule has 0 unspecified atom stereocenters. The molecule has 92 valence electrons. The molecular weight excluding hydrogens is 238 g/mol. The predicted octanol–water partition coefficient (Wildman–Crippen LogP) is 2.82. The molecule has 0 fully saturated rings. The van der Waals surface area contributed by atoms with Crippen LogP contribution in [0.3, 0.4) is 0 Å². The van der Waals surface area contributed by atoms with Gasteiger partial charge in [-0.3, -0.25) is 0 Å². The maximum atomic E-state index is 12.0. The number of carbonyl (C=O) groups is 1. The van der Waals surface area contributed by atoms with Crippen molar-refractivity contribution in [3.05, 3.63) is 71.3 Å². The van der Waals surface area contributed by atoms with Crippen LogP contribution in [0.25, 0.3) is 0 Å². The fourth-order valence-electron chi connectivity index (χ4n) is 2.33. The highest BCUT2D eigenvalue weighted by molar-refractivity contribution is 5.90. The highest BCUT2D eigenvalue weighted by Gasteiger charge is 2.46. The maximum Gasteiger partial charge on any atom is 0.340 e. The van der Waals surface area contributed by atoms with Gasteiger partial charge in [-0.05, 0) is 17.7 Å². The minimum atomic E-state index is -1.12. The molecule has 0 N–H and O–H groups in total. The molecule has 0 aromatic heterocycles. The number of ether oxygens (including phenoxy) is 1. The highest BCUT2D eigenvalue weighted by Crippen LogP contribution is 2.42. The van der Waals surface area contributed by atoms with Crippen LogP contribution < -0.4 is 0 Å². The van der Waals surface area contributed by atoms with Crippen LogP contribution in [0.4, 0.5) is 0 Å². The smallest absolute Gasteiger partial charge is 0.340 e. The van der Waals surface area contributed by atoms with Crippen LogP contribution in [-0.4, -0.2) is 5.97 Å². The van der Waals surface area contributed by atoms with Gasteiger partial charge >= 0.3 is 5.97 Å². The molecule has 0 radical (unpaired) electrons. The van der Waals surface area contributed by atoms with Gasteiger partial charge in [0.25, 0.3) is 0 Å². The lowest BCUT2D eigenvalue weighted by Gasteiger charge is -2.37. The molecule has 0 heterocycles. The van der Waals surface area contributed by atoms with Crippen LogP contribution in [0.5, 0.6) is 0 Å². The lowest BCUT2D eigenvalue weighted by atomic mass is 9.74.